The second kappa shape index (κ2) is 26.6. The molecular formula is C62H64O11. The van der Waals surface area contributed by atoms with E-state index in [2.05, 4.69) is 0 Å². The minimum absolute atomic E-state index is 0.0582. The van der Waals surface area contributed by atoms with Crippen molar-refractivity contribution in [3.63, 3.8) is 0 Å². The minimum Gasteiger partial charge on any atom is -0.463 e. The lowest BCUT2D eigenvalue weighted by atomic mass is 9.87. The normalized spacial score (nSPS) is 23.9. The molecule has 2 fully saturated rings. The first kappa shape index (κ1) is 51.5. The van der Waals surface area contributed by atoms with Crippen LogP contribution in [0.4, 0.5) is 0 Å². The molecule has 0 amide bonds. The van der Waals surface area contributed by atoms with E-state index in [0.29, 0.717) is 18.8 Å². The lowest BCUT2D eigenvalue weighted by Gasteiger charge is -2.53. The minimum atomic E-state index is -1.72. The maximum absolute atomic E-state index is 12.7. The van der Waals surface area contributed by atoms with Crippen molar-refractivity contribution >= 4 is 5.97 Å². The maximum atomic E-state index is 12.7. The highest BCUT2D eigenvalue weighted by Gasteiger charge is 2.60. The van der Waals surface area contributed by atoms with Crippen molar-refractivity contribution in [3.8, 4) is 0 Å². The van der Waals surface area contributed by atoms with E-state index in [1.165, 1.54) is 6.92 Å². The van der Waals surface area contributed by atoms with Gasteiger partial charge in [0.15, 0.2) is 0 Å². The van der Waals surface area contributed by atoms with Crippen LogP contribution in [-0.2, 0) is 97.6 Å². The molecule has 9 rings (SSSR count). The Hall–Kier alpha value is -6.35. The van der Waals surface area contributed by atoms with Crippen LogP contribution in [0, 0.1) is 0 Å². The van der Waals surface area contributed by atoms with Crippen molar-refractivity contribution in [1.29, 1.82) is 0 Å². The Morgan fingerprint density at radius 1 is 0.425 bits per heavy atom. The molecule has 0 aliphatic carbocycles. The molecule has 2 saturated heterocycles. The monoisotopic (exact) mass is 984 g/mol. The summed E-state index contributed by atoms with van der Waals surface area (Å²) in [5.74, 6) is -2.19. The summed E-state index contributed by atoms with van der Waals surface area (Å²) in [6.45, 7) is 2.87. The zero-order valence-electron chi connectivity index (χ0n) is 41.2. The van der Waals surface area contributed by atoms with Crippen LogP contribution in [0.1, 0.15) is 45.9 Å². The third-order valence-corrected chi connectivity index (χ3v) is 13.0. The standard InChI is InChI=1S/C62H64O11/c1-46(63)64-44-56-59(69-40-50-29-15-5-16-30-50)60(70-41-51-31-17-6-18-32-51)61(71-42-52-33-19-7-20-34-52)62(73-56,53-35-21-8-22-36-53)72-45-55-58(68-39-49-27-13-4-14-28-49)57(67-38-48-25-11-3-12-26-48)54(43-66-55)65-37-47-23-9-2-10-24-47/h2-36,54-61H,37-45H2,1H3/t54-,55+,56+,57+,58+,59+,60-,61+,62+/m0/s1. The number of hydrogen-bond acceptors (Lipinski definition) is 11. The number of carbonyl (C=O) groups excluding carboxylic acids is 1. The molecule has 7 aromatic carbocycles. The van der Waals surface area contributed by atoms with Gasteiger partial charge in [0, 0.05) is 12.5 Å². The van der Waals surface area contributed by atoms with Crippen LogP contribution in [0.25, 0.3) is 0 Å². The maximum Gasteiger partial charge on any atom is 0.302 e. The summed E-state index contributed by atoms with van der Waals surface area (Å²) in [5, 5.41) is 0. The molecule has 0 aromatic heterocycles. The molecule has 378 valence electrons. The zero-order chi connectivity index (χ0) is 49.9. The van der Waals surface area contributed by atoms with Gasteiger partial charge in [-0.15, -0.1) is 0 Å². The van der Waals surface area contributed by atoms with Gasteiger partial charge in [0.05, 0.1) is 52.9 Å². The van der Waals surface area contributed by atoms with E-state index in [-0.39, 0.29) is 46.2 Å². The number of benzene rings is 7. The van der Waals surface area contributed by atoms with E-state index in [1.54, 1.807) is 0 Å². The van der Waals surface area contributed by atoms with Crippen LogP contribution in [0.15, 0.2) is 212 Å². The second-order valence-electron chi connectivity index (χ2n) is 18.3. The van der Waals surface area contributed by atoms with Gasteiger partial charge in [-0.1, -0.05) is 212 Å². The Bertz CT molecular complexity index is 2650. The molecule has 0 saturated carbocycles. The topological polar surface area (TPSA) is 109 Å². The number of carbonyl (C=O) groups is 1. The van der Waals surface area contributed by atoms with Crippen molar-refractivity contribution in [2.24, 2.45) is 0 Å². The SMILES string of the molecule is CC(=O)OC[C@H]1O[C@](OC[C@H]2OC[C@H](OCc3ccccc3)[C@@H](OCc3ccccc3)[C@@H]2OCc2ccccc2)(c2ccccc2)[C@H](OCc2ccccc2)[C@@H](OCc2ccccc2)[C@@H]1OCc1ccccc1. The van der Waals surface area contributed by atoms with Gasteiger partial charge in [-0.3, -0.25) is 4.79 Å². The molecule has 0 bridgehead atoms. The van der Waals surface area contributed by atoms with Gasteiger partial charge in [-0.2, -0.15) is 0 Å². The fourth-order valence-corrected chi connectivity index (χ4v) is 9.31. The van der Waals surface area contributed by atoms with Crippen LogP contribution >= 0.6 is 0 Å². The highest BCUT2D eigenvalue weighted by molar-refractivity contribution is 5.65. The molecule has 11 heteroatoms. The second-order valence-corrected chi connectivity index (χ2v) is 18.3. The van der Waals surface area contributed by atoms with E-state index >= 15 is 0 Å². The molecule has 0 radical (unpaired) electrons. The van der Waals surface area contributed by atoms with Gasteiger partial charge >= 0.3 is 5.97 Å². The van der Waals surface area contributed by atoms with E-state index in [0.717, 1.165) is 33.4 Å². The summed E-state index contributed by atoms with van der Waals surface area (Å²) in [6.07, 6.45) is -6.14. The first-order chi connectivity index (χ1) is 36.0. The summed E-state index contributed by atoms with van der Waals surface area (Å²) >= 11 is 0. The lowest BCUT2D eigenvalue weighted by molar-refractivity contribution is -0.396. The Morgan fingerprint density at radius 3 is 1.21 bits per heavy atom. The molecule has 73 heavy (non-hydrogen) atoms. The van der Waals surface area contributed by atoms with Gasteiger partial charge in [-0.05, 0) is 33.4 Å². The predicted octanol–water partition coefficient (Wildman–Crippen LogP) is 10.7. The molecule has 2 heterocycles. The quantitative estimate of drug-likeness (QED) is 0.0540. The van der Waals surface area contributed by atoms with Crippen LogP contribution in [0.5, 0.6) is 0 Å². The molecule has 0 unspecified atom stereocenters. The lowest BCUT2D eigenvalue weighted by Crippen LogP contribution is -2.67. The highest BCUT2D eigenvalue weighted by Crippen LogP contribution is 2.45. The summed E-state index contributed by atoms with van der Waals surface area (Å²) < 4.78 is 69.4. The Kier molecular flexibility index (Phi) is 18.8. The first-order valence-electron chi connectivity index (χ1n) is 25.1. The molecule has 7 aromatic rings. The highest BCUT2D eigenvalue weighted by atomic mass is 16.8. The van der Waals surface area contributed by atoms with Gasteiger partial charge in [-0.25, -0.2) is 0 Å². The number of hydrogen-bond donors (Lipinski definition) is 0. The fraction of sp³-hybridized carbons (Fsp3) is 0.306. The molecule has 2 aliphatic heterocycles. The van der Waals surface area contributed by atoms with E-state index in [4.69, 9.17) is 47.4 Å². The van der Waals surface area contributed by atoms with Gasteiger partial charge in [0.1, 0.15) is 55.4 Å². The number of rotatable bonds is 24. The van der Waals surface area contributed by atoms with Crippen LogP contribution in [0.2, 0.25) is 0 Å². The zero-order valence-corrected chi connectivity index (χ0v) is 41.2. The third kappa shape index (κ3) is 14.2. The largest absolute Gasteiger partial charge is 0.463 e. The summed E-state index contributed by atoms with van der Waals surface area (Å²) in [6, 6.07) is 69.6. The van der Waals surface area contributed by atoms with Crippen molar-refractivity contribution in [2.45, 2.75) is 101 Å². The Morgan fingerprint density at radius 2 is 0.781 bits per heavy atom. The van der Waals surface area contributed by atoms with E-state index < -0.39 is 60.6 Å². The van der Waals surface area contributed by atoms with Gasteiger partial charge in [0.25, 0.3) is 0 Å². The number of esters is 1. The molecular weight excluding hydrogens is 921 g/mol. The average molecular weight is 985 g/mol. The summed E-state index contributed by atoms with van der Waals surface area (Å²) in [7, 11) is 0. The molecule has 0 spiro atoms. The van der Waals surface area contributed by atoms with Crippen molar-refractivity contribution < 1.29 is 52.2 Å². The van der Waals surface area contributed by atoms with Gasteiger partial charge < -0.3 is 47.4 Å². The summed E-state index contributed by atoms with van der Waals surface area (Å²) in [4.78, 5) is 12.7. The fourth-order valence-electron chi connectivity index (χ4n) is 9.31. The van der Waals surface area contributed by atoms with Crippen LogP contribution in [0.3, 0.4) is 0 Å². The smallest absolute Gasteiger partial charge is 0.302 e. The summed E-state index contributed by atoms with van der Waals surface area (Å²) in [5.41, 5.74) is 6.48. The number of ether oxygens (including phenoxy) is 10. The third-order valence-electron chi connectivity index (χ3n) is 13.0. The van der Waals surface area contributed by atoms with Crippen LogP contribution < -0.4 is 0 Å². The Labute approximate surface area is 428 Å². The molecule has 9 atom stereocenters. The van der Waals surface area contributed by atoms with Crippen molar-refractivity contribution in [3.05, 3.63) is 251 Å². The Balaban J connectivity index is 1.11. The molecule has 11 nitrogen and oxygen atoms in total. The predicted molar refractivity (Wildman–Crippen MR) is 275 cm³/mol. The first-order valence-corrected chi connectivity index (χ1v) is 25.1. The molecule has 0 N–H and O–H groups in total. The van der Waals surface area contributed by atoms with Crippen molar-refractivity contribution in [2.75, 3.05) is 19.8 Å². The van der Waals surface area contributed by atoms with Crippen molar-refractivity contribution in [1.82, 2.24) is 0 Å². The molecule has 2 aliphatic rings. The average Bonchev–Trinajstić information content (AvgIpc) is 3.45. The van der Waals surface area contributed by atoms with Crippen LogP contribution in [-0.4, -0.2) is 74.6 Å². The van der Waals surface area contributed by atoms with Gasteiger partial charge in [0.2, 0.25) is 5.79 Å². The van der Waals surface area contributed by atoms with E-state index in [9.17, 15) is 4.79 Å². The van der Waals surface area contributed by atoms with E-state index in [1.807, 2.05) is 212 Å².